The summed E-state index contributed by atoms with van der Waals surface area (Å²) >= 11 is 0. The number of rotatable bonds is 11. The zero-order valence-electron chi connectivity index (χ0n) is 18.2. The predicted molar refractivity (Wildman–Crippen MR) is 122 cm³/mol. The van der Waals surface area contributed by atoms with Crippen LogP contribution in [0.15, 0.2) is 84.9 Å². The highest BCUT2D eigenvalue weighted by molar-refractivity contribution is 5.33. The van der Waals surface area contributed by atoms with Crippen molar-refractivity contribution in [3.8, 4) is 11.5 Å². The molecule has 1 unspecified atom stereocenters. The first-order valence-corrected chi connectivity index (χ1v) is 10.7. The van der Waals surface area contributed by atoms with Crippen molar-refractivity contribution in [1.29, 1.82) is 0 Å². The van der Waals surface area contributed by atoms with E-state index >= 15 is 0 Å². The van der Waals surface area contributed by atoms with E-state index < -0.39 is 0 Å². The van der Waals surface area contributed by atoms with Crippen LogP contribution in [-0.4, -0.2) is 12.9 Å². The van der Waals surface area contributed by atoms with E-state index in [0.717, 1.165) is 29.9 Å². The van der Waals surface area contributed by atoms with E-state index in [1.807, 2.05) is 54.6 Å². The average Bonchev–Trinajstić information content (AvgIpc) is 2.77. The molecule has 0 bridgehead atoms. The molecule has 0 saturated heterocycles. The van der Waals surface area contributed by atoms with Crippen LogP contribution in [0.5, 0.6) is 11.5 Å². The maximum absolute atomic E-state index is 6.32. The third-order valence-corrected chi connectivity index (χ3v) is 5.15. The Balaban J connectivity index is 1.70. The van der Waals surface area contributed by atoms with Crippen molar-refractivity contribution in [2.75, 3.05) is 6.61 Å². The Morgan fingerprint density at radius 2 is 1.43 bits per heavy atom. The van der Waals surface area contributed by atoms with Crippen LogP contribution >= 0.6 is 0 Å². The van der Waals surface area contributed by atoms with E-state index in [2.05, 4.69) is 51.1 Å². The van der Waals surface area contributed by atoms with Gasteiger partial charge in [0.15, 0.2) is 6.29 Å². The van der Waals surface area contributed by atoms with Crippen LogP contribution < -0.4 is 4.74 Å². The number of hydrogen-bond acceptors (Lipinski definition) is 3. The first-order chi connectivity index (χ1) is 14.6. The summed E-state index contributed by atoms with van der Waals surface area (Å²) in [5.41, 5.74) is 1.98. The molecule has 0 spiro atoms. The van der Waals surface area contributed by atoms with Crippen LogP contribution in [0.4, 0.5) is 0 Å². The molecule has 0 saturated carbocycles. The molecule has 158 valence electrons. The van der Waals surface area contributed by atoms with E-state index in [1.54, 1.807) is 0 Å². The van der Waals surface area contributed by atoms with Gasteiger partial charge in [0.1, 0.15) is 11.5 Å². The Bertz CT molecular complexity index is 875. The second kappa shape index (κ2) is 11.0. The molecule has 0 aliphatic rings. The Morgan fingerprint density at radius 3 is 2.13 bits per heavy atom. The third-order valence-electron chi connectivity index (χ3n) is 5.15. The molecule has 3 nitrogen and oxygen atoms in total. The summed E-state index contributed by atoms with van der Waals surface area (Å²) in [6.45, 7) is 7.66. The first kappa shape index (κ1) is 22.1. The van der Waals surface area contributed by atoms with Gasteiger partial charge in [0.2, 0.25) is 0 Å². The van der Waals surface area contributed by atoms with Crippen molar-refractivity contribution < 1.29 is 14.2 Å². The van der Waals surface area contributed by atoms with E-state index in [1.165, 1.54) is 5.56 Å². The molecular weight excluding hydrogens is 372 g/mol. The second-order valence-corrected chi connectivity index (χ2v) is 8.02. The van der Waals surface area contributed by atoms with Crippen LogP contribution in [-0.2, 0) is 21.5 Å². The van der Waals surface area contributed by atoms with Crippen LogP contribution in [0.2, 0.25) is 0 Å². The molecular formula is C27H32O3. The Hall–Kier alpha value is -2.62. The molecule has 0 amide bonds. The minimum Gasteiger partial charge on any atom is -0.457 e. The van der Waals surface area contributed by atoms with E-state index in [9.17, 15) is 0 Å². The van der Waals surface area contributed by atoms with Gasteiger partial charge >= 0.3 is 0 Å². The average molecular weight is 405 g/mol. The smallest absolute Gasteiger partial charge is 0.167 e. The van der Waals surface area contributed by atoms with Crippen LogP contribution in [0, 0.1) is 0 Å². The number of benzene rings is 3. The molecule has 3 aromatic rings. The van der Waals surface area contributed by atoms with Gasteiger partial charge in [-0.3, -0.25) is 0 Å². The van der Waals surface area contributed by atoms with Crippen molar-refractivity contribution in [2.45, 2.75) is 51.9 Å². The normalized spacial score (nSPS) is 12.5. The minimum atomic E-state index is -0.342. The van der Waals surface area contributed by atoms with Crippen LogP contribution in [0.25, 0.3) is 0 Å². The molecule has 3 heteroatoms. The van der Waals surface area contributed by atoms with Crippen LogP contribution in [0.3, 0.4) is 0 Å². The summed E-state index contributed by atoms with van der Waals surface area (Å²) in [6.07, 6.45) is 1.77. The van der Waals surface area contributed by atoms with Crippen molar-refractivity contribution in [3.05, 3.63) is 96.1 Å². The molecule has 0 aliphatic heterocycles. The SMILES string of the molecule is CCCCOC(OCc1cccc(Oc2ccccc2)c1)C(C)(C)c1ccccc1. The highest BCUT2D eigenvalue weighted by Gasteiger charge is 2.33. The fraction of sp³-hybridized carbons (Fsp3) is 0.333. The first-order valence-electron chi connectivity index (χ1n) is 10.7. The molecule has 3 aromatic carbocycles. The summed E-state index contributed by atoms with van der Waals surface area (Å²) in [5.74, 6) is 1.62. The molecule has 0 fully saturated rings. The molecule has 0 radical (unpaired) electrons. The van der Waals surface area contributed by atoms with Gasteiger partial charge in [-0.15, -0.1) is 0 Å². The lowest BCUT2D eigenvalue weighted by Gasteiger charge is -2.34. The van der Waals surface area contributed by atoms with Crippen molar-refractivity contribution in [1.82, 2.24) is 0 Å². The van der Waals surface area contributed by atoms with Gasteiger partial charge in [0, 0.05) is 12.0 Å². The third kappa shape index (κ3) is 6.19. The summed E-state index contributed by atoms with van der Waals surface area (Å²) < 4.78 is 18.5. The van der Waals surface area contributed by atoms with Gasteiger partial charge in [-0.05, 0) is 41.8 Å². The minimum absolute atomic E-state index is 0.271. The Morgan fingerprint density at radius 1 is 0.767 bits per heavy atom. The maximum Gasteiger partial charge on any atom is 0.167 e. The van der Waals surface area contributed by atoms with E-state index in [-0.39, 0.29) is 11.7 Å². The predicted octanol–water partition coefficient (Wildman–Crippen LogP) is 7.12. The molecule has 0 heterocycles. The van der Waals surface area contributed by atoms with Gasteiger partial charge in [-0.25, -0.2) is 0 Å². The molecule has 30 heavy (non-hydrogen) atoms. The number of para-hydroxylation sites is 1. The summed E-state index contributed by atoms with van der Waals surface area (Å²) in [5, 5.41) is 0. The lowest BCUT2D eigenvalue weighted by atomic mass is 9.84. The molecule has 1 atom stereocenters. The highest BCUT2D eigenvalue weighted by atomic mass is 16.7. The topological polar surface area (TPSA) is 27.7 Å². The largest absolute Gasteiger partial charge is 0.457 e. The zero-order valence-corrected chi connectivity index (χ0v) is 18.2. The monoisotopic (exact) mass is 404 g/mol. The van der Waals surface area contributed by atoms with Gasteiger partial charge in [-0.1, -0.05) is 87.9 Å². The fourth-order valence-corrected chi connectivity index (χ4v) is 3.30. The lowest BCUT2D eigenvalue weighted by Crippen LogP contribution is -2.38. The van der Waals surface area contributed by atoms with Crippen molar-refractivity contribution in [2.24, 2.45) is 0 Å². The Labute approximate surface area is 180 Å². The highest BCUT2D eigenvalue weighted by Crippen LogP contribution is 2.31. The lowest BCUT2D eigenvalue weighted by molar-refractivity contribution is -0.183. The molecule has 0 aromatic heterocycles. The second-order valence-electron chi connectivity index (χ2n) is 8.02. The van der Waals surface area contributed by atoms with Gasteiger partial charge in [-0.2, -0.15) is 0 Å². The van der Waals surface area contributed by atoms with Crippen molar-refractivity contribution in [3.63, 3.8) is 0 Å². The van der Waals surface area contributed by atoms with Gasteiger partial charge < -0.3 is 14.2 Å². The summed E-state index contributed by atoms with van der Waals surface area (Å²) in [6, 6.07) is 28.2. The molecule has 0 aliphatic carbocycles. The number of ether oxygens (including phenoxy) is 3. The molecule has 3 rings (SSSR count). The van der Waals surface area contributed by atoms with E-state index in [0.29, 0.717) is 13.2 Å². The van der Waals surface area contributed by atoms with Crippen molar-refractivity contribution >= 4 is 0 Å². The fourth-order valence-electron chi connectivity index (χ4n) is 3.30. The number of unbranched alkanes of at least 4 members (excludes halogenated alkanes) is 1. The van der Waals surface area contributed by atoms with Crippen LogP contribution in [0.1, 0.15) is 44.7 Å². The summed E-state index contributed by atoms with van der Waals surface area (Å²) in [4.78, 5) is 0. The van der Waals surface area contributed by atoms with E-state index in [4.69, 9.17) is 14.2 Å². The summed E-state index contributed by atoms with van der Waals surface area (Å²) in [7, 11) is 0. The quantitative estimate of drug-likeness (QED) is 0.252. The zero-order chi connectivity index (χ0) is 21.2. The maximum atomic E-state index is 6.32. The van der Waals surface area contributed by atoms with Gasteiger partial charge in [0.25, 0.3) is 0 Å². The van der Waals surface area contributed by atoms with Gasteiger partial charge in [0.05, 0.1) is 6.61 Å². The Kier molecular flexibility index (Phi) is 8.06. The standard InChI is InChI=1S/C27H32O3/c1-4-5-19-28-26(27(2,3)23-14-8-6-9-15-23)29-21-22-13-12-18-25(20-22)30-24-16-10-7-11-17-24/h6-18,20,26H,4-5,19,21H2,1-3H3. The molecule has 0 N–H and O–H groups in total. The number of hydrogen-bond donors (Lipinski definition) is 0.